The van der Waals surface area contributed by atoms with Gasteiger partial charge >= 0.3 is 6.18 Å². The number of primary amides is 1. The third-order valence-corrected chi connectivity index (χ3v) is 4.56. The number of hydrogen-bond donors (Lipinski definition) is 1. The van der Waals surface area contributed by atoms with E-state index in [1.165, 1.54) is 6.07 Å². The first-order valence-corrected chi connectivity index (χ1v) is 8.51. The molecule has 148 valence electrons. The minimum atomic E-state index is -4.68. The quantitative estimate of drug-likeness (QED) is 0.572. The average Bonchev–Trinajstić information content (AvgIpc) is 3.25. The second kappa shape index (κ2) is 6.43. The molecule has 0 saturated heterocycles. The van der Waals surface area contributed by atoms with Gasteiger partial charge in [-0.1, -0.05) is 0 Å². The molecule has 0 atom stereocenters. The Kier molecular flexibility index (Phi) is 4.14. The highest BCUT2D eigenvalue weighted by Crippen LogP contribution is 2.34. The van der Waals surface area contributed by atoms with Gasteiger partial charge in [-0.15, -0.1) is 0 Å². The minimum Gasteiger partial charge on any atom is -0.364 e. The van der Waals surface area contributed by atoms with Gasteiger partial charge in [-0.3, -0.25) is 9.48 Å². The molecule has 0 aliphatic rings. The topological polar surface area (TPSA) is 91.6 Å². The van der Waals surface area contributed by atoms with E-state index in [1.807, 2.05) is 6.07 Å². The fraction of sp³-hybridized carbons (Fsp3) is 0.158. The van der Waals surface area contributed by atoms with Crippen molar-refractivity contribution in [2.75, 3.05) is 0 Å². The zero-order chi connectivity index (χ0) is 20.9. The number of aromatic nitrogens is 5. The van der Waals surface area contributed by atoms with E-state index >= 15 is 0 Å². The first-order chi connectivity index (χ1) is 13.6. The van der Waals surface area contributed by atoms with E-state index in [9.17, 15) is 18.0 Å². The maximum Gasteiger partial charge on any atom is 0.433 e. The Bertz CT molecular complexity index is 1250. The second-order valence-electron chi connectivity index (χ2n) is 6.61. The molecule has 0 aliphatic heterocycles. The Hall–Kier alpha value is -3.69. The van der Waals surface area contributed by atoms with E-state index in [2.05, 4.69) is 15.2 Å². The van der Waals surface area contributed by atoms with Crippen LogP contribution in [0, 0.1) is 6.92 Å². The van der Waals surface area contributed by atoms with Crippen molar-refractivity contribution in [2.45, 2.75) is 13.1 Å². The number of benzene rings is 1. The van der Waals surface area contributed by atoms with E-state index < -0.39 is 23.5 Å². The van der Waals surface area contributed by atoms with Gasteiger partial charge in [0.1, 0.15) is 17.1 Å². The predicted octanol–water partition coefficient (Wildman–Crippen LogP) is 3.25. The van der Waals surface area contributed by atoms with Gasteiger partial charge in [0.2, 0.25) is 0 Å². The molecule has 1 amide bonds. The van der Waals surface area contributed by atoms with Crippen LogP contribution in [-0.4, -0.2) is 30.5 Å². The summed E-state index contributed by atoms with van der Waals surface area (Å²) < 4.78 is 42.3. The summed E-state index contributed by atoms with van der Waals surface area (Å²) in [5.41, 5.74) is 6.66. The number of carbonyl (C=O) groups excluding carboxylic acids is 1. The van der Waals surface area contributed by atoms with Crippen molar-refractivity contribution in [3.8, 4) is 16.8 Å². The number of nitrogens with two attached hydrogens (primary N) is 1. The van der Waals surface area contributed by atoms with Crippen LogP contribution in [0.15, 0.2) is 42.9 Å². The van der Waals surface area contributed by atoms with Crippen molar-refractivity contribution < 1.29 is 18.0 Å². The highest BCUT2D eigenvalue weighted by molar-refractivity contribution is 5.99. The van der Waals surface area contributed by atoms with Crippen LogP contribution in [0.2, 0.25) is 0 Å². The lowest BCUT2D eigenvalue weighted by Gasteiger charge is -2.13. The first kappa shape index (κ1) is 18.7. The molecule has 0 fully saturated rings. The number of carbonyl (C=O) groups is 1. The lowest BCUT2D eigenvalue weighted by Crippen LogP contribution is -2.18. The molecular formula is C19H15F3N6O. The van der Waals surface area contributed by atoms with Gasteiger partial charge in [0, 0.05) is 18.0 Å². The molecule has 7 nitrogen and oxygen atoms in total. The molecule has 3 heterocycles. The Morgan fingerprint density at radius 3 is 2.48 bits per heavy atom. The van der Waals surface area contributed by atoms with Gasteiger partial charge in [-0.2, -0.15) is 23.4 Å². The first-order valence-electron chi connectivity index (χ1n) is 8.51. The Balaban J connectivity index is 1.94. The number of hydrogen-bond acceptors (Lipinski definition) is 4. The van der Waals surface area contributed by atoms with Gasteiger partial charge in [-0.25, -0.2) is 9.67 Å². The monoisotopic (exact) mass is 400 g/mol. The number of pyridine rings is 1. The van der Waals surface area contributed by atoms with Crippen LogP contribution in [-0.2, 0) is 13.2 Å². The minimum absolute atomic E-state index is 0.226. The molecule has 29 heavy (non-hydrogen) atoms. The summed E-state index contributed by atoms with van der Waals surface area (Å²) in [7, 11) is 1.78. The molecule has 0 spiro atoms. The Morgan fingerprint density at radius 2 is 1.86 bits per heavy atom. The van der Waals surface area contributed by atoms with Gasteiger partial charge in [0.25, 0.3) is 5.91 Å². The summed E-state index contributed by atoms with van der Waals surface area (Å²) in [5.74, 6) is -1.04. The van der Waals surface area contributed by atoms with Crippen LogP contribution < -0.4 is 5.73 Å². The number of rotatable bonds is 3. The van der Waals surface area contributed by atoms with Crippen LogP contribution in [0.25, 0.3) is 27.7 Å². The number of aryl methyl sites for hydroxylation is 2. The van der Waals surface area contributed by atoms with Crippen LogP contribution in [0.4, 0.5) is 13.2 Å². The predicted molar refractivity (Wildman–Crippen MR) is 99.3 cm³/mol. The van der Waals surface area contributed by atoms with E-state index in [1.54, 1.807) is 48.0 Å². The van der Waals surface area contributed by atoms with Crippen LogP contribution in [0.1, 0.15) is 21.7 Å². The summed E-state index contributed by atoms with van der Waals surface area (Å²) in [6.45, 7) is 1.79. The van der Waals surface area contributed by atoms with Crippen molar-refractivity contribution in [3.63, 3.8) is 0 Å². The maximum atomic E-state index is 13.0. The second-order valence-corrected chi connectivity index (χ2v) is 6.61. The lowest BCUT2D eigenvalue weighted by atomic mass is 9.97. The SMILES string of the molecule is Cc1cc2cnn(-c3cnn(C)c3)c2cc1-c1ccc(C(F)(F)F)nc1C(N)=O. The fourth-order valence-electron chi connectivity index (χ4n) is 3.22. The largest absolute Gasteiger partial charge is 0.433 e. The summed E-state index contributed by atoms with van der Waals surface area (Å²) in [6, 6.07) is 5.65. The Morgan fingerprint density at radius 1 is 1.10 bits per heavy atom. The third kappa shape index (κ3) is 3.22. The van der Waals surface area contributed by atoms with Gasteiger partial charge in [0.15, 0.2) is 0 Å². The highest BCUT2D eigenvalue weighted by Gasteiger charge is 2.33. The average molecular weight is 400 g/mol. The van der Waals surface area contributed by atoms with Crippen molar-refractivity contribution in [2.24, 2.45) is 12.8 Å². The molecule has 3 aromatic heterocycles. The zero-order valence-corrected chi connectivity index (χ0v) is 15.4. The van der Waals surface area contributed by atoms with Crippen molar-refractivity contribution >= 4 is 16.8 Å². The summed E-state index contributed by atoms with van der Waals surface area (Å²) in [6.07, 6.45) is 0.417. The lowest BCUT2D eigenvalue weighted by molar-refractivity contribution is -0.141. The van der Waals surface area contributed by atoms with Crippen LogP contribution in [0.3, 0.4) is 0 Å². The molecule has 4 aromatic rings. The molecule has 2 N–H and O–H groups in total. The van der Waals surface area contributed by atoms with Gasteiger partial charge in [0.05, 0.1) is 24.1 Å². The molecular weight excluding hydrogens is 385 g/mol. The summed E-state index contributed by atoms with van der Waals surface area (Å²) >= 11 is 0. The molecule has 1 aromatic carbocycles. The van der Waals surface area contributed by atoms with Crippen molar-refractivity contribution in [1.82, 2.24) is 24.5 Å². The summed E-state index contributed by atoms with van der Waals surface area (Å²) in [5, 5.41) is 9.32. The third-order valence-electron chi connectivity index (χ3n) is 4.56. The van der Waals surface area contributed by atoms with E-state index in [0.29, 0.717) is 11.1 Å². The molecule has 0 radical (unpaired) electrons. The van der Waals surface area contributed by atoms with E-state index in [0.717, 1.165) is 22.7 Å². The molecule has 4 rings (SSSR count). The number of alkyl halides is 3. The van der Waals surface area contributed by atoms with Crippen LogP contribution in [0.5, 0.6) is 0 Å². The van der Waals surface area contributed by atoms with Crippen molar-refractivity contribution in [1.29, 1.82) is 0 Å². The zero-order valence-electron chi connectivity index (χ0n) is 15.4. The molecule has 0 saturated carbocycles. The summed E-state index contributed by atoms with van der Waals surface area (Å²) in [4.78, 5) is 15.3. The van der Waals surface area contributed by atoms with Crippen LogP contribution >= 0.6 is 0 Å². The highest BCUT2D eigenvalue weighted by atomic mass is 19.4. The maximum absolute atomic E-state index is 13.0. The number of nitrogens with zero attached hydrogens (tertiary/aromatic N) is 5. The number of amides is 1. The van der Waals surface area contributed by atoms with E-state index in [-0.39, 0.29) is 5.56 Å². The normalized spacial score (nSPS) is 11.9. The van der Waals surface area contributed by atoms with Crippen molar-refractivity contribution in [3.05, 3.63) is 59.8 Å². The molecule has 0 bridgehead atoms. The molecule has 10 heteroatoms. The number of fused-ring (bicyclic) bond motifs is 1. The van der Waals surface area contributed by atoms with Gasteiger partial charge in [-0.05, 0) is 42.3 Å². The van der Waals surface area contributed by atoms with E-state index in [4.69, 9.17) is 5.73 Å². The van der Waals surface area contributed by atoms with Gasteiger partial charge < -0.3 is 5.73 Å². The molecule has 0 unspecified atom stereocenters. The Labute approximate surface area is 162 Å². The standard InChI is InChI=1S/C19H15F3N6O/c1-10-5-11-7-25-28(12-8-24-27(2)9-12)15(11)6-14(10)13-3-4-16(19(20,21)22)26-17(13)18(23)29/h3-9H,1-2H3,(H2,23,29). The fourth-order valence-corrected chi connectivity index (χ4v) is 3.22. The smallest absolute Gasteiger partial charge is 0.364 e. The molecule has 0 aliphatic carbocycles. The number of halogens is 3.